The highest BCUT2D eigenvalue weighted by molar-refractivity contribution is 7.99. The highest BCUT2D eigenvalue weighted by Gasteiger charge is 2.06. The summed E-state index contributed by atoms with van der Waals surface area (Å²) in [6, 6.07) is 3.48. The molecular weight excluding hydrogens is 210 g/mol. The molecule has 0 amide bonds. The van der Waals surface area contributed by atoms with Gasteiger partial charge < -0.3 is 10.2 Å². The van der Waals surface area contributed by atoms with Crippen molar-refractivity contribution in [1.29, 1.82) is 0 Å². The summed E-state index contributed by atoms with van der Waals surface area (Å²) < 4.78 is 0. The van der Waals surface area contributed by atoms with E-state index in [0.717, 1.165) is 0 Å². The number of nitrogens with zero attached hydrogens (tertiary/aromatic N) is 1. The number of hydrogen-bond donors (Lipinski definition) is 2. The summed E-state index contributed by atoms with van der Waals surface area (Å²) in [5, 5.41) is 18.9. The van der Waals surface area contributed by atoms with E-state index in [1.807, 2.05) is 0 Å². The molecule has 0 fully saturated rings. The molecule has 1 aromatic heterocycles. The molecule has 1 aromatic rings. The van der Waals surface area contributed by atoms with Crippen molar-refractivity contribution in [3.05, 3.63) is 23.4 Å². The second kappa shape index (κ2) is 5.44. The van der Waals surface area contributed by atoms with E-state index in [4.69, 9.17) is 21.8 Å². The van der Waals surface area contributed by atoms with Gasteiger partial charge in [0.25, 0.3) is 0 Å². The smallest absolute Gasteiger partial charge is 0.115 e. The van der Waals surface area contributed by atoms with E-state index in [-0.39, 0.29) is 6.61 Å². The molecule has 0 aromatic carbocycles. The fourth-order valence-electron chi connectivity index (χ4n) is 0.705. The molecule has 0 bridgehead atoms. The molecule has 3 nitrogen and oxygen atoms in total. The van der Waals surface area contributed by atoms with E-state index in [9.17, 15) is 0 Å². The Morgan fingerprint density at radius 2 is 2.38 bits per heavy atom. The first-order valence-corrected chi connectivity index (χ1v) is 5.12. The zero-order valence-electron chi connectivity index (χ0n) is 6.85. The Bertz CT molecular complexity index is 272. The normalized spacial score (nSPS) is 12.8. The second-order valence-electron chi connectivity index (χ2n) is 2.44. The van der Waals surface area contributed by atoms with Crippen molar-refractivity contribution in [3.8, 4) is 0 Å². The molecule has 2 N–H and O–H groups in total. The third-order valence-electron chi connectivity index (χ3n) is 1.35. The number of aliphatic hydroxyl groups excluding tert-OH is 2. The molecule has 1 unspecified atom stereocenters. The van der Waals surface area contributed by atoms with Gasteiger partial charge in [0, 0.05) is 11.9 Å². The molecule has 0 aliphatic carbocycles. The van der Waals surface area contributed by atoms with Crippen molar-refractivity contribution in [2.45, 2.75) is 11.1 Å². The van der Waals surface area contributed by atoms with E-state index >= 15 is 0 Å². The Morgan fingerprint density at radius 1 is 1.62 bits per heavy atom. The first-order valence-electron chi connectivity index (χ1n) is 3.76. The molecule has 13 heavy (non-hydrogen) atoms. The number of halogens is 1. The number of aromatic nitrogens is 1. The molecule has 1 heterocycles. The summed E-state index contributed by atoms with van der Waals surface area (Å²) in [7, 11) is 0. The lowest BCUT2D eigenvalue weighted by molar-refractivity contribution is 0.113. The van der Waals surface area contributed by atoms with E-state index in [1.54, 1.807) is 18.3 Å². The first-order chi connectivity index (χ1) is 6.24. The van der Waals surface area contributed by atoms with Gasteiger partial charge in [-0.05, 0) is 12.1 Å². The van der Waals surface area contributed by atoms with Gasteiger partial charge in [-0.25, -0.2) is 4.98 Å². The minimum atomic E-state index is -0.719. The topological polar surface area (TPSA) is 53.4 Å². The SMILES string of the molecule is OCC(O)CSc1ncccc1Cl. The first kappa shape index (κ1) is 10.8. The van der Waals surface area contributed by atoms with E-state index in [2.05, 4.69) is 4.98 Å². The average molecular weight is 220 g/mol. The van der Waals surface area contributed by atoms with E-state index in [1.165, 1.54) is 11.8 Å². The molecule has 0 radical (unpaired) electrons. The lowest BCUT2D eigenvalue weighted by atomic mass is 10.4. The highest BCUT2D eigenvalue weighted by Crippen LogP contribution is 2.24. The van der Waals surface area contributed by atoms with Gasteiger partial charge in [-0.3, -0.25) is 0 Å². The molecule has 72 valence electrons. The summed E-state index contributed by atoms with van der Waals surface area (Å²) in [6.45, 7) is -0.239. The van der Waals surface area contributed by atoms with E-state index < -0.39 is 6.10 Å². The summed E-state index contributed by atoms with van der Waals surface area (Å²) in [5.41, 5.74) is 0. The van der Waals surface area contributed by atoms with Crippen LogP contribution in [-0.4, -0.2) is 33.7 Å². The van der Waals surface area contributed by atoms with Gasteiger partial charge in [-0.1, -0.05) is 11.6 Å². The maximum atomic E-state index is 9.07. The Hall–Kier alpha value is -0.290. The molecule has 0 saturated heterocycles. The average Bonchev–Trinajstić information content (AvgIpc) is 2.16. The molecule has 5 heteroatoms. The molecule has 1 rings (SSSR count). The standard InChI is InChI=1S/C8H10ClNO2S/c9-7-2-1-3-10-8(7)13-5-6(12)4-11/h1-3,6,11-12H,4-5H2. The molecule has 0 aliphatic heterocycles. The summed E-state index contributed by atoms with van der Waals surface area (Å²) in [5.74, 6) is 0.396. The van der Waals surface area contributed by atoms with Crippen LogP contribution >= 0.6 is 23.4 Å². The van der Waals surface area contributed by atoms with Crippen LogP contribution in [0, 0.1) is 0 Å². The van der Waals surface area contributed by atoms with Crippen LogP contribution in [0.15, 0.2) is 23.4 Å². The van der Waals surface area contributed by atoms with Gasteiger partial charge in [0.05, 0.1) is 17.7 Å². The zero-order valence-corrected chi connectivity index (χ0v) is 8.42. The van der Waals surface area contributed by atoms with Gasteiger partial charge in [-0.15, -0.1) is 11.8 Å². The summed E-state index contributed by atoms with van der Waals surface area (Å²) in [6.07, 6.45) is 0.919. The quantitative estimate of drug-likeness (QED) is 0.747. The Balaban J connectivity index is 2.50. The third-order valence-corrected chi connectivity index (χ3v) is 2.92. The van der Waals surface area contributed by atoms with Crippen molar-refractivity contribution in [2.75, 3.05) is 12.4 Å². The van der Waals surface area contributed by atoms with Crippen molar-refractivity contribution in [1.82, 2.24) is 4.98 Å². The molecule has 1 atom stereocenters. The predicted octanol–water partition coefficient (Wildman–Crippen LogP) is 1.18. The van der Waals surface area contributed by atoms with Crippen molar-refractivity contribution >= 4 is 23.4 Å². The van der Waals surface area contributed by atoms with Crippen LogP contribution in [0.1, 0.15) is 0 Å². The van der Waals surface area contributed by atoms with Crippen LogP contribution in [0.4, 0.5) is 0 Å². The van der Waals surface area contributed by atoms with Crippen molar-refractivity contribution in [2.24, 2.45) is 0 Å². The monoisotopic (exact) mass is 219 g/mol. The van der Waals surface area contributed by atoms with Crippen molar-refractivity contribution < 1.29 is 10.2 Å². The minimum absolute atomic E-state index is 0.239. The van der Waals surface area contributed by atoms with E-state index in [0.29, 0.717) is 15.8 Å². The Labute approximate surface area is 85.8 Å². The highest BCUT2D eigenvalue weighted by atomic mass is 35.5. The summed E-state index contributed by atoms with van der Waals surface area (Å²) in [4.78, 5) is 4.02. The lowest BCUT2D eigenvalue weighted by Gasteiger charge is -2.06. The fourth-order valence-corrected chi connectivity index (χ4v) is 1.79. The van der Waals surface area contributed by atoms with Crippen LogP contribution in [-0.2, 0) is 0 Å². The maximum absolute atomic E-state index is 9.07. The van der Waals surface area contributed by atoms with Crippen LogP contribution in [0.2, 0.25) is 5.02 Å². The molecule has 0 aliphatic rings. The largest absolute Gasteiger partial charge is 0.394 e. The number of aliphatic hydroxyl groups is 2. The molecule has 0 saturated carbocycles. The van der Waals surface area contributed by atoms with Gasteiger partial charge in [0.2, 0.25) is 0 Å². The number of hydrogen-bond acceptors (Lipinski definition) is 4. The Morgan fingerprint density at radius 3 is 3.00 bits per heavy atom. The van der Waals surface area contributed by atoms with Crippen LogP contribution in [0.3, 0.4) is 0 Å². The predicted molar refractivity (Wildman–Crippen MR) is 53.1 cm³/mol. The van der Waals surface area contributed by atoms with Crippen LogP contribution < -0.4 is 0 Å². The number of thioether (sulfide) groups is 1. The molecular formula is C8H10ClNO2S. The van der Waals surface area contributed by atoms with Gasteiger partial charge in [0.15, 0.2) is 0 Å². The fraction of sp³-hybridized carbons (Fsp3) is 0.375. The summed E-state index contributed by atoms with van der Waals surface area (Å²) >= 11 is 7.15. The number of pyridine rings is 1. The zero-order chi connectivity index (χ0) is 9.68. The number of rotatable bonds is 4. The van der Waals surface area contributed by atoms with Gasteiger partial charge in [-0.2, -0.15) is 0 Å². The van der Waals surface area contributed by atoms with Crippen molar-refractivity contribution in [3.63, 3.8) is 0 Å². The Kier molecular flexibility index (Phi) is 4.52. The van der Waals surface area contributed by atoms with Gasteiger partial charge in [0.1, 0.15) is 5.03 Å². The minimum Gasteiger partial charge on any atom is -0.394 e. The molecule has 0 spiro atoms. The van der Waals surface area contributed by atoms with Crippen LogP contribution in [0.5, 0.6) is 0 Å². The maximum Gasteiger partial charge on any atom is 0.115 e. The third kappa shape index (κ3) is 3.52. The second-order valence-corrected chi connectivity index (χ2v) is 3.85. The van der Waals surface area contributed by atoms with Gasteiger partial charge >= 0.3 is 0 Å². The van der Waals surface area contributed by atoms with Crippen LogP contribution in [0.25, 0.3) is 0 Å². The lowest BCUT2D eigenvalue weighted by Crippen LogP contribution is -2.14.